The first-order chi connectivity index (χ1) is 13.7. The van der Waals surface area contributed by atoms with E-state index in [1.54, 1.807) is 0 Å². The van der Waals surface area contributed by atoms with Gasteiger partial charge in [-0.3, -0.25) is 0 Å². The number of rotatable bonds is 11. The Balaban J connectivity index is 0.00000300. The van der Waals surface area contributed by atoms with Crippen LogP contribution in [0.25, 0.3) is 0 Å². The van der Waals surface area contributed by atoms with Gasteiger partial charge in [0.15, 0.2) is 11.6 Å². The van der Waals surface area contributed by atoms with Crippen LogP contribution in [-0.2, 0) is 0 Å². The molecular weight excluding hydrogens is 392 g/mol. The molecule has 9 heteroatoms. The van der Waals surface area contributed by atoms with Gasteiger partial charge in [0.2, 0.25) is 6.35 Å². The monoisotopic (exact) mass is 428 g/mol. The molecule has 2 aliphatic heterocycles. The second-order valence-corrected chi connectivity index (χ2v) is 7.90. The summed E-state index contributed by atoms with van der Waals surface area (Å²) in [4.78, 5) is 10.5. The van der Waals surface area contributed by atoms with E-state index in [4.69, 9.17) is 10.5 Å². The predicted molar refractivity (Wildman–Crippen MR) is 120 cm³/mol. The number of hydrogen-bond acceptors (Lipinski definition) is 8. The van der Waals surface area contributed by atoms with Gasteiger partial charge in [-0.15, -0.1) is 12.4 Å². The fraction of sp³-hybridized carbons (Fsp3) is 0.800. The molecule has 5 N–H and O–H groups in total. The number of nitrogens with two attached hydrogens (primary N) is 1. The van der Waals surface area contributed by atoms with Gasteiger partial charge in [-0.1, -0.05) is 39.0 Å². The number of piperidine rings is 1. The summed E-state index contributed by atoms with van der Waals surface area (Å²) in [6.07, 6.45) is 9.89. The topological polar surface area (TPSA) is 109 Å². The Hall–Kier alpha value is -1.51. The number of nitrogens with zero attached hydrogens (tertiary/aromatic N) is 3. The lowest BCUT2D eigenvalue weighted by molar-refractivity contribution is 0.202. The molecule has 0 amide bonds. The summed E-state index contributed by atoms with van der Waals surface area (Å²) < 4.78 is 5.61. The Labute approximate surface area is 180 Å². The zero-order valence-corrected chi connectivity index (χ0v) is 18.3. The minimum absolute atomic E-state index is 0. The van der Waals surface area contributed by atoms with Crippen LogP contribution in [0, 0.1) is 5.92 Å². The molecule has 1 aromatic rings. The number of hydrogen-bond donors (Lipinski definition) is 4. The standard InChI is InChI=1S/C20H36N6O2.ClH/c1-2-3-14-28-19-24-17(21)16-18(25-19)26(20(27)23-16)13-7-5-4-6-8-15-9-11-22-12-10-15;/h15,20,22-23,27H,2-14H2,1H3,(H2,21,24,25);1H. The van der Waals surface area contributed by atoms with E-state index >= 15 is 0 Å². The smallest absolute Gasteiger partial charge is 0.320 e. The van der Waals surface area contributed by atoms with Crippen molar-refractivity contribution in [2.24, 2.45) is 5.92 Å². The van der Waals surface area contributed by atoms with Crippen LogP contribution in [0.4, 0.5) is 17.3 Å². The molecule has 1 atom stereocenters. The molecule has 1 aromatic heterocycles. The van der Waals surface area contributed by atoms with E-state index < -0.39 is 6.35 Å². The van der Waals surface area contributed by atoms with E-state index in [-0.39, 0.29) is 18.4 Å². The van der Waals surface area contributed by atoms with Crippen molar-refractivity contribution in [3.63, 3.8) is 0 Å². The summed E-state index contributed by atoms with van der Waals surface area (Å²) in [6.45, 7) is 5.77. The van der Waals surface area contributed by atoms with Crippen molar-refractivity contribution in [2.75, 3.05) is 42.2 Å². The van der Waals surface area contributed by atoms with Gasteiger partial charge >= 0.3 is 6.01 Å². The lowest BCUT2D eigenvalue weighted by Gasteiger charge is -2.23. The van der Waals surface area contributed by atoms with Gasteiger partial charge in [0, 0.05) is 6.54 Å². The average molecular weight is 429 g/mol. The molecule has 0 spiro atoms. The number of nitrogen functional groups attached to an aromatic ring is 1. The summed E-state index contributed by atoms with van der Waals surface area (Å²) in [6, 6.07) is 0.285. The highest BCUT2D eigenvalue weighted by Gasteiger charge is 2.31. The number of fused-ring (bicyclic) bond motifs is 1. The van der Waals surface area contributed by atoms with E-state index in [1.807, 2.05) is 4.90 Å². The molecule has 0 bridgehead atoms. The molecule has 3 rings (SSSR count). The van der Waals surface area contributed by atoms with Gasteiger partial charge in [-0.25, -0.2) is 0 Å². The molecule has 1 unspecified atom stereocenters. The molecule has 1 saturated heterocycles. The average Bonchev–Trinajstić information content (AvgIpc) is 3.02. The zero-order chi connectivity index (χ0) is 19.8. The van der Waals surface area contributed by atoms with E-state index in [0.29, 0.717) is 23.9 Å². The van der Waals surface area contributed by atoms with Crippen molar-refractivity contribution in [2.45, 2.75) is 71.1 Å². The van der Waals surface area contributed by atoms with Gasteiger partial charge in [-0.05, 0) is 44.7 Å². The van der Waals surface area contributed by atoms with E-state index in [9.17, 15) is 5.11 Å². The molecule has 0 radical (unpaired) electrons. The Kier molecular flexibility index (Phi) is 10.0. The van der Waals surface area contributed by atoms with E-state index in [2.05, 4.69) is 27.5 Å². The first kappa shape index (κ1) is 23.8. The number of unbranched alkanes of at least 4 members (excludes halogenated alkanes) is 4. The maximum absolute atomic E-state index is 10.4. The normalized spacial score (nSPS) is 18.8. The van der Waals surface area contributed by atoms with Crippen LogP contribution in [0.2, 0.25) is 0 Å². The number of aliphatic hydroxyl groups excluding tert-OH is 1. The lowest BCUT2D eigenvalue weighted by atomic mass is 9.92. The first-order valence-corrected chi connectivity index (χ1v) is 10.9. The van der Waals surface area contributed by atoms with Crippen LogP contribution in [0.5, 0.6) is 6.01 Å². The van der Waals surface area contributed by atoms with Crippen LogP contribution in [-0.4, -0.2) is 47.7 Å². The number of nitrogens with one attached hydrogen (secondary N) is 2. The van der Waals surface area contributed by atoms with Crippen molar-refractivity contribution < 1.29 is 9.84 Å². The molecule has 0 aliphatic carbocycles. The summed E-state index contributed by atoms with van der Waals surface area (Å²) >= 11 is 0. The third-order valence-corrected chi connectivity index (χ3v) is 5.69. The highest BCUT2D eigenvalue weighted by Crippen LogP contribution is 2.37. The van der Waals surface area contributed by atoms with E-state index in [1.165, 1.54) is 45.2 Å². The largest absolute Gasteiger partial charge is 0.463 e. The molecule has 0 saturated carbocycles. The summed E-state index contributed by atoms with van der Waals surface area (Å²) in [7, 11) is 0. The molecule has 1 fully saturated rings. The second kappa shape index (κ2) is 12.2. The summed E-state index contributed by atoms with van der Waals surface area (Å²) in [5.41, 5.74) is 6.63. The highest BCUT2D eigenvalue weighted by atomic mass is 35.5. The van der Waals surface area contributed by atoms with Crippen LogP contribution >= 0.6 is 12.4 Å². The Morgan fingerprint density at radius 1 is 1.14 bits per heavy atom. The van der Waals surface area contributed by atoms with Crippen molar-refractivity contribution in [3.05, 3.63) is 0 Å². The minimum Gasteiger partial charge on any atom is -0.463 e. The van der Waals surface area contributed by atoms with Crippen molar-refractivity contribution >= 4 is 29.7 Å². The fourth-order valence-corrected chi connectivity index (χ4v) is 3.95. The number of aromatic nitrogens is 2. The van der Waals surface area contributed by atoms with Gasteiger partial charge in [0.1, 0.15) is 5.69 Å². The van der Waals surface area contributed by atoms with Gasteiger partial charge in [0.05, 0.1) is 6.61 Å². The summed E-state index contributed by atoms with van der Waals surface area (Å²) in [5, 5.41) is 16.8. The van der Waals surface area contributed by atoms with Gasteiger partial charge in [-0.2, -0.15) is 9.97 Å². The number of anilines is 3. The third kappa shape index (κ3) is 6.76. The van der Waals surface area contributed by atoms with Gasteiger partial charge in [0.25, 0.3) is 0 Å². The molecule has 29 heavy (non-hydrogen) atoms. The molecule has 2 aliphatic rings. The maximum atomic E-state index is 10.4. The second-order valence-electron chi connectivity index (χ2n) is 7.90. The summed E-state index contributed by atoms with van der Waals surface area (Å²) in [5.74, 6) is 1.87. The Morgan fingerprint density at radius 3 is 2.66 bits per heavy atom. The highest BCUT2D eigenvalue weighted by molar-refractivity contribution is 5.85. The van der Waals surface area contributed by atoms with E-state index in [0.717, 1.165) is 38.1 Å². The third-order valence-electron chi connectivity index (χ3n) is 5.69. The number of aliphatic hydroxyl groups is 1. The zero-order valence-electron chi connectivity index (χ0n) is 17.5. The lowest BCUT2D eigenvalue weighted by Crippen LogP contribution is -2.36. The molecule has 166 valence electrons. The fourth-order valence-electron chi connectivity index (χ4n) is 3.95. The quantitative estimate of drug-likeness (QED) is 0.398. The number of ether oxygens (including phenoxy) is 1. The molecule has 0 aromatic carbocycles. The molecule has 3 heterocycles. The van der Waals surface area contributed by atoms with Crippen molar-refractivity contribution in [1.29, 1.82) is 0 Å². The van der Waals surface area contributed by atoms with Crippen molar-refractivity contribution in [1.82, 2.24) is 15.3 Å². The van der Waals surface area contributed by atoms with Crippen molar-refractivity contribution in [3.8, 4) is 6.01 Å². The maximum Gasteiger partial charge on any atom is 0.320 e. The van der Waals surface area contributed by atoms with Crippen LogP contribution in [0.3, 0.4) is 0 Å². The van der Waals surface area contributed by atoms with Gasteiger partial charge < -0.3 is 31.1 Å². The molecular formula is C20H37ClN6O2. The predicted octanol–water partition coefficient (Wildman–Crippen LogP) is 3.12. The van der Waals surface area contributed by atoms with Crippen LogP contribution < -0.4 is 26.0 Å². The molecule has 8 nitrogen and oxygen atoms in total. The number of halogens is 1. The Bertz CT molecular complexity index is 615. The minimum atomic E-state index is -0.813. The first-order valence-electron chi connectivity index (χ1n) is 10.9. The van der Waals surface area contributed by atoms with Crippen LogP contribution in [0.1, 0.15) is 64.7 Å². The Morgan fingerprint density at radius 2 is 1.90 bits per heavy atom. The van der Waals surface area contributed by atoms with Crippen LogP contribution in [0.15, 0.2) is 0 Å². The SMILES string of the molecule is CCCCOc1nc(N)c2c(n1)N(CCCCCCC1CCNCC1)C(O)N2.Cl.